The maximum Gasteiger partial charge on any atom is 0.241 e. The number of nitrogens with two attached hydrogens (primary N) is 1. The molecule has 21 heavy (non-hydrogen) atoms. The zero-order valence-corrected chi connectivity index (χ0v) is 12.6. The Morgan fingerprint density at radius 1 is 1.52 bits per heavy atom. The van der Waals surface area contributed by atoms with Crippen molar-refractivity contribution in [2.45, 2.75) is 39.2 Å². The lowest BCUT2D eigenvalue weighted by Gasteiger charge is -2.18. The molecule has 3 N–H and O–H groups in total. The van der Waals surface area contributed by atoms with Gasteiger partial charge in [0.05, 0.1) is 18.7 Å². The van der Waals surface area contributed by atoms with E-state index in [0.717, 1.165) is 6.42 Å². The number of nitriles is 1. The minimum absolute atomic E-state index is 0.135. The molecule has 0 bridgehead atoms. The van der Waals surface area contributed by atoms with E-state index in [2.05, 4.69) is 11.4 Å². The average molecular weight is 289 g/mol. The summed E-state index contributed by atoms with van der Waals surface area (Å²) in [6.45, 7) is 4.45. The fraction of sp³-hybridized carbons (Fsp3) is 0.500. The van der Waals surface area contributed by atoms with Crippen LogP contribution in [0.2, 0.25) is 0 Å². The van der Waals surface area contributed by atoms with Gasteiger partial charge in [-0.25, -0.2) is 0 Å². The summed E-state index contributed by atoms with van der Waals surface area (Å²) in [5.41, 5.74) is 6.56. The van der Waals surface area contributed by atoms with Gasteiger partial charge in [-0.1, -0.05) is 26.3 Å². The molecule has 2 unspecified atom stereocenters. The number of hydrogen-bond acceptors (Lipinski definition) is 4. The number of hydrogen-bond donors (Lipinski definition) is 2. The van der Waals surface area contributed by atoms with E-state index < -0.39 is 6.04 Å². The van der Waals surface area contributed by atoms with Crippen molar-refractivity contribution < 1.29 is 9.53 Å². The number of nitrogens with zero attached hydrogens (tertiary/aromatic N) is 1. The molecule has 0 radical (unpaired) electrons. The number of unbranched alkanes of at least 4 members (excludes halogenated alkanes) is 1. The molecule has 2 atom stereocenters. The van der Waals surface area contributed by atoms with Crippen molar-refractivity contribution in [2.24, 2.45) is 11.7 Å². The van der Waals surface area contributed by atoms with Gasteiger partial charge in [0.15, 0.2) is 0 Å². The molecule has 0 saturated carbocycles. The molecular formula is C16H23N3O2. The number of carbonyl (C=O) groups is 1. The minimum Gasteiger partial charge on any atom is -0.493 e. The fourth-order valence-corrected chi connectivity index (χ4v) is 1.74. The molecule has 5 heteroatoms. The van der Waals surface area contributed by atoms with E-state index in [4.69, 9.17) is 15.7 Å². The molecule has 5 nitrogen and oxygen atoms in total. The van der Waals surface area contributed by atoms with E-state index in [-0.39, 0.29) is 11.8 Å². The van der Waals surface area contributed by atoms with Gasteiger partial charge in [-0.3, -0.25) is 4.79 Å². The summed E-state index contributed by atoms with van der Waals surface area (Å²) >= 11 is 0. The topological polar surface area (TPSA) is 88.1 Å². The highest BCUT2D eigenvalue weighted by Crippen LogP contribution is 2.18. The molecule has 0 aromatic heterocycles. The van der Waals surface area contributed by atoms with Crippen LogP contribution in [0.15, 0.2) is 24.3 Å². The maximum absolute atomic E-state index is 12.0. The van der Waals surface area contributed by atoms with E-state index in [1.807, 2.05) is 26.0 Å². The predicted octanol–water partition coefficient (Wildman–Crippen LogP) is 2.68. The molecule has 1 rings (SSSR count). The average Bonchev–Trinajstić information content (AvgIpc) is 2.50. The minimum atomic E-state index is -0.518. The summed E-state index contributed by atoms with van der Waals surface area (Å²) in [5.74, 6) is 0.615. The van der Waals surface area contributed by atoms with Gasteiger partial charge >= 0.3 is 0 Å². The molecule has 0 spiro atoms. The molecule has 1 aromatic carbocycles. The van der Waals surface area contributed by atoms with Crippen molar-refractivity contribution >= 4 is 11.6 Å². The van der Waals surface area contributed by atoms with Gasteiger partial charge in [-0.05, 0) is 24.5 Å². The summed E-state index contributed by atoms with van der Waals surface area (Å²) in [4.78, 5) is 12.0. The van der Waals surface area contributed by atoms with Crippen LogP contribution in [-0.2, 0) is 4.79 Å². The molecule has 0 saturated heterocycles. The van der Waals surface area contributed by atoms with Crippen LogP contribution in [0.25, 0.3) is 0 Å². The van der Waals surface area contributed by atoms with Crippen molar-refractivity contribution in [2.75, 3.05) is 11.9 Å². The van der Waals surface area contributed by atoms with Crippen molar-refractivity contribution in [3.8, 4) is 11.8 Å². The third-order valence-electron chi connectivity index (χ3n) is 3.36. The Morgan fingerprint density at radius 3 is 2.95 bits per heavy atom. The predicted molar refractivity (Wildman–Crippen MR) is 82.8 cm³/mol. The van der Waals surface area contributed by atoms with E-state index >= 15 is 0 Å². The molecule has 0 aliphatic heterocycles. The lowest BCUT2D eigenvalue weighted by atomic mass is 9.99. The zero-order chi connectivity index (χ0) is 15.7. The number of amides is 1. The van der Waals surface area contributed by atoms with E-state index in [0.29, 0.717) is 30.9 Å². The number of anilines is 1. The number of benzene rings is 1. The van der Waals surface area contributed by atoms with E-state index in [1.165, 1.54) is 0 Å². The third kappa shape index (κ3) is 5.84. The molecule has 0 fully saturated rings. The zero-order valence-electron chi connectivity index (χ0n) is 12.6. The van der Waals surface area contributed by atoms with Gasteiger partial charge < -0.3 is 15.8 Å². The number of rotatable bonds is 8. The number of nitrogens with one attached hydrogen (secondary N) is 1. The molecule has 0 aliphatic rings. The quantitative estimate of drug-likeness (QED) is 0.720. The van der Waals surface area contributed by atoms with Crippen molar-refractivity contribution in [1.82, 2.24) is 0 Å². The lowest BCUT2D eigenvalue weighted by molar-refractivity contribution is -0.118. The standard InChI is InChI=1S/C16H23N3O2/c1-3-12(2)15(18)16(20)19-13-7-6-8-14(11-13)21-10-5-4-9-17/h6-8,11-12,15H,3-5,10,18H2,1-2H3,(H,19,20). The SMILES string of the molecule is CCC(C)C(N)C(=O)Nc1cccc(OCCCC#N)c1. The second-order valence-electron chi connectivity index (χ2n) is 5.04. The van der Waals surface area contributed by atoms with Gasteiger partial charge in [-0.15, -0.1) is 0 Å². The van der Waals surface area contributed by atoms with Crippen LogP contribution in [0.1, 0.15) is 33.1 Å². The first-order chi connectivity index (χ1) is 10.1. The van der Waals surface area contributed by atoms with Crippen molar-refractivity contribution in [3.63, 3.8) is 0 Å². The molecule has 0 aliphatic carbocycles. The largest absolute Gasteiger partial charge is 0.493 e. The summed E-state index contributed by atoms with van der Waals surface area (Å²) in [7, 11) is 0. The monoisotopic (exact) mass is 289 g/mol. The normalized spacial score (nSPS) is 13.0. The lowest BCUT2D eigenvalue weighted by Crippen LogP contribution is -2.40. The summed E-state index contributed by atoms with van der Waals surface area (Å²) in [6, 6.07) is 8.73. The van der Waals surface area contributed by atoms with Crippen LogP contribution in [0.5, 0.6) is 5.75 Å². The van der Waals surface area contributed by atoms with Gasteiger partial charge in [0, 0.05) is 18.2 Å². The van der Waals surface area contributed by atoms with Gasteiger partial charge in [0.1, 0.15) is 5.75 Å². The van der Waals surface area contributed by atoms with Crippen molar-refractivity contribution in [3.05, 3.63) is 24.3 Å². The first-order valence-corrected chi connectivity index (χ1v) is 7.24. The number of ether oxygens (including phenoxy) is 1. The Morgan fingerprint density at radius 2 is 2.29 bits per heavy atom. The summed E-state index contributed by atoms with van der Waals surface area (Å²) < 4.78 is 5.53. The maximum atomic E-state index is 12.0. The van der Waals surface area contributed by atoms with E-state index in [1.54, 1.807) is 12.1 Å². The first kappa shape index (κ1) is 17.0. The smallest absolute Gasteiger partial charge is 0.241 e. The third-order valence-corrected chi connectivity index (χ3v) is 3.36. The second-order valence-corrected chi connectivity index (χ2v) is 5.04. The van der Waals surface area contributed by atoms with Crippen LogP contribution < -0.4 is 15.8 Å². The molecule has 0 heterocycles. The Bertz CT molecular complexity index is 497. The van der Waals surface area contributed by atoms with E-state index in [9.17, 15) is 4.79 Å². The highest BCUT2D eigenvalue weighted by atomic mass is 16.5. The van der Waals surface area contributed by atoms with Crippen LogP contribution in [0.3, 0.4) is 0 Å². The first-order valence-electron chi connectivity index (χ1n) is 7.24. The molecule has 114 valence electrons. The van der Waals surface area contributed by atoms with Gasteiger partial charge in [0.25, 0.3) is 0 Å². The summed E-state index contributed by atoms with van der Waals surface area (Å²) in [6.07, 6.45) is 2.02. The fourth-order valence-electron chi connectivity index (χ4n) is 1.74. The Balaban J connectivity index is 2.56. The second kappa shape index (κ2) is 8.98. The number of carbonyl (C=O) groups excluding carboxylic acids is 1. The highest BCUT2D eigenvalue weighted by molar-refractivity contribution is 5.95. The van der Waals surface area contributed by atoms with Gasteiger partial charge in [0.2, 0.25) is 5.91 Å². The molecule has 1 aromatic rings. The van der Waals surface area contributed by atoms with Crippen LogP contribution >= 0.6 is 0 Å². The summed E-state index contributed by atoms with van der Waals surface area (Å²) in [5, 5.41) is 11.3. The van der Waals surface area contributed by atoms with Gasteiger partial charge in [-0.2, -0.15) is 5.26 Å². The Kier molecular flexibility index (Phi) is 7.27. The molecular weight excluding hydrogens is 266 g/mol. The van der Waals surface area contributed by atoms with Crippen LogP contribution in [0, 0.1) is 17.2 Å². The van der Waals surface area contributed by atoms with Crippen LogP contribution in [-0.4, -0.2) is 18.6 Å². The van der Waals surface area contributed by atoms with Crippen molar-refractivity contribution in [1.29, 1.82) is 5.26 Å². The Hall–Kier alpha value is -2.06. The molecule has 1 amide bonds. The van der Waals surface area contributed by atoms with Crippen LogP contribution in [0.4, 0.5) is 5.69 Å². The highest BCUT2D eigenvalue weighted by Gasteiger charge is 2.19. The Labute approximate surface area is 126 Å².